The minimum atomic E-state index is -0.433. The van der Waals surface area contributed by atoms with Crippen LogP contribution >= 0.6 is 0 Å². The number of amides is 1. The largest absolute Gasteiger partial charge is 0.494 e. The first-order chi connectivity index (χ1) is 13.1. The fourth-order valence-corrected chi connectivity index (χ4v) is 2.43. The molecule has 0 unspecified atom stereocenters. The van der Waals surface area contributed by atoms with Crippen LogP contribution in [0.25, 0.3) is 11.6 Å². The van der Waals surface area contributed by atoms with E-state index in [4.69, 9.17) is 9.26 Å². The van der Waals surface area contributed by atoms with Gasteiger partial charge in [0, 0.05) is 5.56 Å². The maximum atomic E-state index is 12.6. The van der Waals surface area contributed by atoms with E-state index in [0.717, 1.165) is 12.2 Å². The molecule has 0 saturated heterocycles. The smallest absolute Gasteiger partial charge is 0.251 e. The predicted octanol–water partition coefficient (Wildman–Crippen LogP) is 2.77. The lowest BCUT2D eigenvalue weighted by Gasteiger charge is -2.18. The number of nitrogens with one attached hydrogen (secondary N) is 2. The second kappa shape index (κ2) is 8.43. The monoisotopic (exact) mass is 370 g/mol. The minimum absolute atomic E-state index is 0.0455. The van der Waals surface area contributed by atoms with Crippen LogP contribution < -0.4 is 10.1 Å². The van der Waals surface area contributed by atoms with Crippen molar-refractivity contribution in [2.45, 2.75) is 33.2 Å². The highest BCUT2D eigenvalue weighted by molar-refractivity contribution is 5.94. The lowest BCUT2D eigenvalue weighted by molar-refractivity contribution is 0.0914. The summed E-state index contributed by atoms with van der Waals surface area (Å²) in [5.74, 6) is 1.57. The number of nitrogens with zero attached hydrogens (tertiary/aromatic N) is 4. The average Bonchev–Trinajstić information content (AvgIpc) is 3.35. The molecule has 2 heterocycles. The first-order valence-electron chi connectivity index (χ1n) is 8.81. The SMILES string of the molecule is CCCOc1ccc(C(=O)N[C@@H](c2nc(-c3ncn[nH]3)no2)C(C)C)cc1. The molecule has 1 amide bonds. The molecule has 2 N–H and O–H groups in total. The van der Waals surface area contributed by atoms with E-state index in [1.54, 1.807) is 24.3 Å². The van der Waals surface area contributed by atoms with Crippen LogP contribution in [0.2, 0.25) is 0 Å². The second-order valence-corrected chi connectivity index (χ2v) is 6.36. The molecule has 0 radical (unpaired) electrons. The number of hydrogen-bond acceptors (Lipinski definition) is 7. The highest BCUT2D eigenvalue weighted by Crippen LogP contribution is 2.23. The summed E-state index contributed by atoms with van der Waals surface area (Å²) in [6.07, 6.45) is 2.29. The van der Waals surface area contributed by atoms with Crippen molar-refractivity contribution in [2.24, 2.45) is 5.92 Å². The molecule has 0 fully saturated rings. The zero-order chi connectivity index (χ0) is 19.2. The van der Waals surface area contributed by atoms with E-state index in [9.17, 15) is 4.79 Å². The van der Waals surface area contributed by atoms with Gasteiger partial charge in [0.2, 0.25) is 11.7 Å². The Morgan fingerprint density at radius 2 is 2.07 bits per heavy atom. The molecule has 0 spiro atoms. The van der Waals surface area contributed by atoms with Crippen LogP contribution in [0.3, 0.4) is 0 Å². The van der Waals surface area contributed by atoms with E-state index in [1.807, 2.05) is 20.8 Å². The first kappa shape index (κ1) is 18.6. The number of benzene rings is 1. The molecule has 9 nitrogen and oxygen atoms in total. The van der Waals surface area contributed by atoms with E-state index in [1.165, 1.54) is 6.33 Å². The zero-order valence-corrected chi connectivity index (χ0v) is 15.5. The van der Waals surface area contributed by atoms with Crippen LogP contribution in [0.1, 0.15) is 49.5 Å². The van der Waals surface area contributed by atoms with Gasteiger partial charge >= 0.3 is 0 Å². The van der Waals surface area contributed by atoms with Crippen molar-refractivity contribution in [1.29, 1.82) is 0 Å². The standard InChI is InChI=1S/C18H22N6O3/c1-4-9-26-13-7-5-12(6-8-13)17(25)21-14(11(2)3)18-22-16(24-27-18)15-19-10-20-23-15/h5-8,10-11,14H,4,9H2,1-3H3,(H,21,25)(H,19,20,23)/t14-/m1/s1. The topological polar surface area (TPSA) is 119 Å². The van der Waals surface area contributed by atoms with E-state index < -0.39 is 6.04 Å². The summed E-state index contributed by atoms with van der Waals surface area (Å²) < 4.78 is 10.9. The maximum Gasteiger partial charge on any atom is 0.251 e. The highest BCUT2D eigenvalue weighted by Gasteiger charge is 2.26. The molecule has 1 atom stereocenters. The van der Waals surface area contributed by atoms with Gasteiger partial charge in [-0.25, -0.2) is 4.98 Å². The molecule has 0 aliphatic carbocycles. The Morgan fingerprint density at radius 3 is 2.70 bits per heavy atom. The van der Waals surface area contributed by atoms with Crippen molar-refractivity contribution < 1.29 is 14.1 Å². The Bertz CT molecular complexity index is 858. The molecule has 9 heteroatoms. The number of rotatable bonds is 8. The molecular weight excluding hydrogens is 348 g/mol. The molecule has 3 rings (SSSR count). The molecule has 0 bridgehead atoms. The fourth-order valence-electron chi connectivity index (χ4n) is 2.43. The number of hydrogen-bond donors (Lipinski definition) is 2. The highest BCUT2D eigenvalue weighted by atomic mass is 16.5. The minimum Gasteiger partial charge on any atom is -0.494 e. The summed E-state index contributed by atoms with van der Waals surface area (Å²) >= 11 is 0. The van der Waals surface area contributed by atoms with Gasteiger partial charge in [0.05, 0.1) is 6.61 Å². The number of aromatic amines is 1. The lowest BCUT2D eigenvalue weighted by atomic mass is 10.0. The number of ether oxygens (including phenoxy) is 1. The Kier molecular flexibility index (Phi) is 5.80. The quantitative estimate of drug-likeness (QED) is 0.626. The summed E-state index contributed by atoms with van der Waals surface area (Å²) in [5.41, 5.74) is 0.527. The molecule has 1 aromatic carbocycles. The van der Waals surface area contributed by atoms with E-state index in [2.05, 4.69) is 30.6 Å². The number of aromatic nitrogens is 5. The van der Waals surface area contributed by atoms with Crippen molar-refractivity contribution in [3.05, 3.63) is 42.0 Å². The number of carbonyl (C=O) groups is 1. The van der Waals surface area contributed by atoms with Crippen LogP contribution in [0, 0.1) is 5.92 Å². The summed E-state index contributed by atoms with van der Waals surface area (Å²) in [5, 5.41) is 13.3. The third-order valence-electron chi connectivity index (χ3n) is 3.88. The molecule has 142 valence electrons. The molecule has 3 aromatic rings. The van der Waals surface area contributed by atoms with Crippen LogP contribution in [0.4, 0.5) is 0 Å². The van der Waals surface area contributed by atoms with Crippen molar-refractivity contribution in [3.63, 3.8) is 0 Å². The van der Waals surface area contributed by atoms with Gasteiger partial charge < -0.3 is 14.6 Å². The van der Waals surface area contributed by atoms with Gasteiger partial charge in [-0.2, -0.15) is 10.1 Å². The summed E-state index contributed by atoms with van der Waals surface area (Å²) in [7, 11) is 0. The van der Waals surface area contributed by atoms with Gasteiger partial charge in [-0.15, -0.1) is 0 Å². The second-order valence-electron chi connectivity index (χ2n) is 6.36. The van der Waals surface area contributed by atoms with E-state index in [0.29, 0.717) is 29.7 Å². The Balaban J connectivity index is 1.71. The van der Waals surface area contributed by atoms with E-state index in [-0.39, 0.29) is 11.8 Å². The Labute approximate surface area is 156 Å². The van der Waals surface area contributed by atoms with Crippen LogP contribution in [-0.4, -0.2) is 37.8 Å². The number of H-pyrrole nitrogens is 1. The van der Waals surface area contributed by atoms with Gasteiger partial charge in [0.15, 0.2) is 5.82 Å². The van der Waals surface area contributed by atoms with Gasteiger partial charge in [0.25, 0.3) is 5.91 Å². The number of carbonyl (C=O) groups excluding carboxylic acids is 1. The molecular formula is C18H22N6O3. The Morgan fingerprint density at radius 1 is 1.30 bits per heavy atom. The van der Waals surface area contributed by atoms with E-state index >= 15 is 0 Å². The van der Waals surface area contributed by atoms with Crippen LogP contribution in [-0.2, 0) is 0 Å². The molecule has 0 aliphatic rings. The molecule has 0 saturated carbocycles. The van der Waals surface area contributed by atoms with Crippen molar-refractivity contribution in [2.75, 3.05) is 6.61 Å². The summed E-state index contributed by atoms with van der Waals surface area (Å²) in [6, 6.07) is 6.59. The van der Waals surface area contributed by atoms with Gasteiger partial charge in [-0.3, -0.25) is 9.89 Å². The lowest BCUT2D eigenvalue weighted by Crippen LogP contribution is -2.32. The normalized spacial score (nSPS) is 12.1. The summed E-state index contributed by atoms with van der Waals surface area (Å²) in [4.78, 5) is 20.9. The molecule has 2 aromatic heterocycles. The maximum absolute atomic E-state index is 12.6. The van der Waals surface area contributed by atoms with Gasteiger partial charge in [-0.1, -0.05) is 25.9 Å². The third-order valence-corrected chi connectivity index (χ3v) is 3.88. The summed E-state index contributed by atoms with van der Waals surface area (Å²) in [6.45, 7) is 6.61. The zero-order valence-electron chi connectivity index (χ0n) is 15.5. The predicted molar refractivity (Wildman–Crippen MR) is 96.9 cm³/mol. The first-order valence-corrected chi connectivity index (χ1v) is 8.81. The van der Waals surface area contributed by atoms with Crippen molar-refractivity contribution >= 4 is 5.91 Å². The Hall–Kier alpha value is -3.23. The third kappa shape index (κ3) is 4.49. The average molecular weight is 370 g/mol. The van der Waals surface area contributed by atoms with Crippen molar-refractivity contribution in [1.82, 2.24) is 30.6 Å². The van der Waals surface area contributed by atoms with Gasteiger partial charge in [0.1, 0.15) is 18.1 Å². The van der Waals surface area contributed by atoms with Crippen LogP contribution in [0.15, 0.2) is 35.1 Å². The molecule has 27 heavy (non-hydrogen) atoms. The van der Waals surface area contributed by atoms with Gasteiger partial charge in [-0.05, 0) is 36.6 Å². The van der Waals surface area contributed by atoms with Crippen molar-refractivity contribution in [3.8, 4) is 17.4 Å². The fraction of sp³-hybridized carbons (Fsp3) is 0.389. The van der Waals surface area contributed by atoms with Crippen LogP contribution in [0.5, 0.6) is 5.75 Å². The molecule has 0 aliphatic heterocycles.